The minimum Gasteiger partial charge on any atom is -0.321 e. The maximum Gasteiger partial charge on any atom is 0.255 e. The third-order valence-electron chi connectivity index (χ3n) is 4.98. The van der Waals surface area contributed by atoms with Crippen LogP contribution in [0.5, 0.6) is 0 Å². The fraction of sp³-hybridized carbons (Fsp3) is 0.333. The number of anilines is 1. The summed E-state index contributed by atoms with van der Waals surface area (Å²) in [6, 6.07) is 9.85. The van der Waals surface area contributed by atoms with E-state index in [1.807, 2.05) is 0 Å². The van der Waals surface area contributed by atoms with Crippen molar-refractivity contribution in [3.63, 3.8) is 0 Å². The number of nitrogens with zero attached hydrogens (tertiary/aromatic N) is 2. The Morgan fingerprint density at radius 1 is 1.23 bits per heavy atom. The van der Waals surface area contributed by atoms with Crippen molar-refractivity contribution in [3.8, 4) is 0 Å². The monoisotopic (exact) mass is 372 g/mol. The predicted molar refractivity (Wildman–Crippen MR) is 97.3 cm³/mol. The minimum absolute atomic E-state index is 0.149. The van der Waals surface area contributed by atoms with Crippen LogP contribution in [0, 0.1) is 5.92 Å². The van der Waals surface area contributed by atoms with Gasteiger partial charge < -0.3 is 10.6 Å². The summed E-state index contributed by atoms with van der Waals surface area (Å²) in [5, 5.41) is 6.07. The molecule has 4 rings (SSSR count). The van der Waals surface area contributed by atoms with Gasteiger partial charge in [-0.05, 0) is 49.2 Å². The van der Waals surface area contributed by atoms with Crippen molar-refractivity contribution in [2.24, 2.45) is 5.92 Å². The Hall–Kier alpha value is -2.29. The molecule has 0 radical (unpaired) electrons. The average Bonchev–Trinajstić information content (AvgIpc) is 3.25. The molecule has 26 heavy (non-hydrogen) atoms. The lowest BCUT2D eigenvalue weighted by atomic mass is 10.1. The third kappa shape index (κ3) is 3.23. The Kier molecular flexibility index (Phi) is 4.47. The maximum atomic E-state index is 13.0. The van der Waals surface area contributed by atoms with Crippen molar-refractivity contribution in [2.75, 3.05) is 25.0 Å². The number of fused-ring (bicyclic) bond motifs is 1. The fourth-order valence-corrected chi connectivity index (χ4v) is 5.16. The zero-order valence-corrected chi connectivity index (χ0v) is 14.9. The molecule has 2 fully saturated rings. The highest BCUT2D eigenvalue weighted by atomic mass is 32.2. The number of hydrogen-bond acceptors (Lipinski definition) is 5. The smallest absolute Gasteiger partial charge is 0.255 e. The van der Waals surface area contributed by atoms with Crippen LogP contribution >= 0.6 is 0 Å². The second-order valence-corrected chi connectivity index (χ2v) is 8.59. The molecule has 1 aromatic carbocycles. The summed E-state index contributed by atoms with van der Waals surface area (Å²) in [6.07, 6.45) is 4.15. The molecule has 3 heterocycles. The topological polar surface area (TPSA) is 91.4 Å². The van der Waals surface area contributed by atoms with E-state index in [1.54, 1.807) is 30.5 Å². The van der Waals surface area contributed by atoms with E-state index in [9.17, 15) is 13.2 Å². The quantitative estimate of drug-likeness (QED) is 0.845. The molecular weight excluding hydrogens is 352 g/mol. The summed E-state index contributed by atoms with van der Waals surface area (Å²) in [4.78, 5) is 16.5. The van der Waals surface area contributed by atoms with Crippen LogP contribution in [0.15, 0.2) is 53.7 Å². The first-order chi connectivity index (χ1) is 12.5. The summed E-state index contributed by atoms with van der Waals surface area (Å²) in [6.45, 7) is 1.97. The fourth-order valence-electron chi connectivity index (χ4n) is 3.59. The van der Waals surface area contributed by atoms with Gasteiger partial charge in [0.15, 0.2) is 0 Å². The van der Waals surface area contributed by atoms with E-state index in [1.165, 1.54) is 22.6 Å². The maximum absolute atomic E-state index is 13.0. The zero-order valence-electron chi connectivity index (χ0n) is 14.1. The number of carbonyl (C=O) groups excluding carboxylic acids is 1. The molecule has 1 aromatic heterocycles. The van der Waals surface area contributed by atoms with Crippen molar-refractivity contribution in [2.45, 2.75) is 17.4 Å². The van der Waals surface area contributed by atoms with Crippen LogP contribution in [0.1, 0.15) is 16.8 Å². The molecule has 0 aliphatic carbocycles. The SMILES string of the molecule is O=C(Nc1cccnc1)c1cccc(S(=O)(=O)N2C[C@@H]3CCN[C@@H]3C2)c1. The minimum atomic E-state index is -3.61. The van der Waals surface area contributed by atoms with Crippen LogP contribution in [0.25, 0.3) is 0 Å². The van der Waals surface area contributed by atoms with Crippen LogP contribution in [0.2, 0.25) is 0 Å². The Labute approximate surface area is 152 Å². The molecule has 2 atom stereocenters. The average molecular weight is 372 g/mol. The van der Waals surface area contributed by atoms with Crippen molar-refractivity contribution in [3.05, 3.63) is 54.4 Å². The van der Waals surface area contributed by atoms with Gasteiger partial charge in [-0.1, -0.05) is 6.07 Å². The first-order valence-corrected chi connectivity index (χ1v) is 10.0. The van der Waals surface area contributed by atoms with Crippen molar-refractivity contribution < 1.29 is 13.2 Å². The van der Waals surface area contributed by atoms with E-state index in [0.29, 0.717) is 30.3 Å². The molecule has 7 nitrogen and oxygen atoms in total. The number of amides is 1. The van der Waals surface area contributed by atoms with Crippen molar-refractivity contribution >= 4 is 21.6 Å². The van der Waals surface area contributed by atoms with E-state index >= 15 is 0 Å². The number of nitrogens with one attached hydrogen (secondary N) is 2. The molecule has 2 N–H and O–H groups in total. The van der Waals surface area contributed by atoms with Gasteiger partial charge in [-0.2, -0.15) is 4.31 Å². The highest BCUT2D eigenvalue weighted by molar-refractivity contribution is 7.89. The van der Waals surface area contributed by atoms with Crippen LogP contribution < -0.4 is 10.6 Å². The predicted octanol–water partition coefficient (Wildman–Crippen LogP) is 1.32. The number of sulfonamides is 1. The van der Waals surface area contributed by atoms with Crippen molar-refractivity contribution in [1.82, 2.24) is 14.6 Å². The summed E-state index contributed by atoms with van der Waals surface area (Å²) >= 11 is 0. The number of hydrogen-bond donors (Lipinski definition) is 2. The molecule has 8 heteroatoms. The number of rotatable bonds is 4. The van der Waals surface area contributed by atoms with Gasteiger partial charge in [0.25, 0.3) is 5.91 Å². The first-order valence-electron chi connectivity index (χ1n) is 8.59. The van der Waals surface area contributed by atoms with Gasteiger partial charge in [-0.3, -0.25) is 9.78 Å². The van der Waals surface area contributed by atoms with Crippen molar-refractivity contribution in [1.29, 1.82) is 0 Å². The summed E-state index contributed by atoms with van der Waals surface area (Å²) < 4.78 is 27.4. The van der Waals surface area contributed by atoms with Crippen LogP contribution in [0.3, 0.4) is 0 Å². The molecule has 0 saturated carbocycles. The molecule has 136 valence electrons. The molecule has 2 aromatic rings. The summed E-state index contributed by atoms with van der Waals surface area (Å²) in [5.74, 6) is 0.0110. The molecule has 1 amide bonds. The van der Waals surface area contributed by atoms with E-state index in [-0.39, 0.29) is 16.8 Å². The number of benzene rings is 1. The van der Waals surface area contributed by atoms with E-state index in [4.69, 9.17) is 0 Å². The summed E-state index contributed by atoms with van der Waals surface area (Å²) in [7, 11) is -3.61. The third-order valence-corrected chi connectivity index (χ3v) is 6.81. The first kappa shape index (κ1) is 17.1. The van der Waals surface area contributed by atoms with Gasteiger partial charge in [-0.15, -0.1) is 0 Å². The molecule has 2 aliphatic heterocycles. The molecular formula is C18H20N4O3S. The lowest BCUT2D eigenvalue weighted by Crippen LogP contribution is -2.34. The Morgan fingerprint density at radius 2 is 2.12 bits per heavy atom. The van der Waals surface area contributed by atoms with Gasteiger partial charge in [0.05, 0.1) is 16.8 Å². The number of pyridine rings is 1. The van der Waals surface area contributed by atoms with E-state index < -0.39 is 10.0 Å². The van der Waals surface area contributed by atoms with Gasteiger partial charge >= 0.3 is 0 Å². The molecule has 0 spiro atoms. The second-order valence-electron chi connectivity index (χ2n) is 6.66. The lowest BCUT2D eigenvalue weighted by molar-refractivity contribution is 0.102. The van der Waals surface area contributed by atoms with Crippen LogP contribution in [-0.4, -0.2) is 49.3 Å². The van der Waals surface area contributed by atoms with Crippen LogP contribution in [-0.2, 0) is 10.0 Å². The molecule has 0 unspecified atom stereocenters. The lowest BCUT2D eigenvalue weighted by Gasteiger charge is -2.17. The Morgan fingerprint density at radius 3 is 2.88 bits per heavy atom. The highest BCUT2D eigenvalue weighted by Crippen LogP contribution is 2.29. The molecule has 2 saturated heterocycles. The number of aromatic nitrogens is 1. The van der Waals surface area contributed by atoms with Gasteiger partial charge in [0, 0.05) is 30.9 Å². The highest BCUT2D eigenvalue weighted by Gasteiger charge is 2.41. The zero-order chi connectivity index (χ0) is 18.1. The normalized spacial score (nSPS) is 22.9. The largest absolute Gasteiger partial charge is 0.321 e. The Balaban J connectivity index is 1.54. The molecule has 2 aliphatic rings. The standard InChI is InChI=1S/C18H20N4O3S/c23-18(21-15-4-2-7-19-10-15)13-3-1-5-16(9-13)26(24,25)22-11-14-6-8-20-17(14)12-22/h1-5,7,9-10,14,17,20H,6,8,11-12H2,(H,21,23)/t14-,17+/m0/s1. The number of carbonyl (C=O) groups is 1. The molecule has 0 bridgehead atoms. The van der Waals surface area contributed by atoms with Gasteiger partial charge in [0.2, 0.25) is 10.0 Å². The van der Waals surface area contributed by atoms with E-state index in [0.717, 1.165) is 13.0 Å². The Bertz CT molecular complexity index is 905. The van der Waals surface area contributed by atoms with Gasteiger partial charge in [-0.25, -0.2) is 8.42 Å². The van der Waals surface area contributed by atoms with E-state index in [2.05, 4.69) is 15.6 Å². The van der Waals surface area contributed by atoms with Gasteiger partial charge in [0.1, 0.15) is 0 Å². The van der Waals surface area contributed by atoms with Crippen LogP contribution in [0.4, 0.5) is 5.69 Å². The second kappa shape index (κ2) is 6.79. The summed E-state index contributed by atoms with van der Waals surface area (Å²) in [5.41, 5.74) is 0.858.